The Morgan fingerprint density at radius 3 is 2.41 bits per heavy atom. The van der Waals surface area contributed by atoms with Crippen LogP contribution >= 0.6 is 0 Å². The summed E-state index contributed by atoms with van der Waals surface area (Å²) in [5, 5.41) is 15.5. The minimum absolute atomic E-state index is 0.580. The topological polar surface area (TPSA) is 41.3 Å². The Kier molecular flexibility index (Phi) is 5.10. The fourth-order valence-electron chi connectivity index (χ4n) is 3.93. The molecule has 1 aliphatic rings. The molecule has 0 aliphatic carbocycles. The number of nitrogens with zero attached hydrogens (tertiary/aromatic N) is 3. The lowest BCUT2D eigenvalue weighted by Crippen LogP contribution is -2.45. The average molecular weight is 361 g/mol. The quantitative estimate of drug-likeness (QED) is 0.752. The van der Waals surface area contributed by atoms with Crippen molar-refractivity contribution in [2.75, 3.05) is 13.1 Å². The van der Waals surface area contributed by atoms with E-state index in [9.17, 15) is 5.11 Å². The molecule has 1 aliphatic heterocycles. The second-order valence-electron chi connectivity index (χ2n) is 7.74. The van der Waals surface area contributed by atoms with E-state index < -0.39 is 5.60 Å². The Morgan fingerprint density at radius 2 is 1.67 bits per heavy atom. The maximum atomic E-state index is 10.9. The van der Waals surface area contributed by atoms with Gasteiger partial charge in [0.05, 0.1) is 17.5 Å². The Bertz CT molecular complexity index is 879. The summed E-state index contributed by atoms with van der Waals surface area (Å²) in [6.07, 6.45) is 6.44. The molecule has 1 N–H and O–H groups in total. The molecule has 0 saturated carbocycles. The monoisotopic (exact) mass is 361 g/mol. The fraction of sp³-hybridized carbons (Fsp3) is 0.348. The molecule has 3 aromatic rings. The molecule has 1 aromatic heterocycles. The number of hydrogen-bond donors (Lipinski definition) is 1. The number of para-hydroxylation sites is 1. The minimum Gasteiger partial charge on any atom is -0.389 e. The van der Waals surface area contributed by atoms with Crippen molar-refractivity contribution in [2.45, 2.75) is 38.3 Å². The van der Waals surface area contributed by atoms with Crippen LogP contribution in [0.1, 0.15) is 29.5 Å². The third kappa shape index (κ3) is 4.29. The van der Waals surface area contributed by atoms with Crippen molar-refractivity contribution >= 4 is 0 Å². The second-order valence-corrected chi connectivity index (χ2v) is 7.74. The molecule has 0 atom stereocenters. The van der Waals surface area contributed by atoms with Gasteiger partial charge in [-0.2, -0.15) is 5.10 Å². The first kappa shape index (κ1) is 18.0. The maximum absolute atomic E-state index is 10.9. The number of hydrogen-bond acceptors (Lipinski definition) is 3. The van der Waals surface area contributed by atoms with E-state index in [0.29, 0.717) is 0 Å². The zero-order valence-corrected chi connectivity index (χ0v) is 15.9. The lowest BCUT2D eigenvalue weighted by atomic mass is 9.85. The third-order valence-electron chi connectivity index (χ3n) is 5.57. The van der Waals surface area contributed by atoms with E-state index in [0.717, 1.165) is 44.6 Å². The molecule has 0 bridgehead atoms. The number of aliphatic hydroxyl groups is 1. The lowest BCUT2D eigenvalue weighted by molar-refractivity contribution is -0.0224. The van der Waals surface area contributed by atoms with Crippen molar-refractivity contribution in [3.05, 3.63) is 83.7 Å². The van der Waals surface area contributed by atoms with Crippen LogP contribution in [-0.4, -0.2) is 38.5 Å². The first-order valence-corrected chi connectivity index (χ1v) is 9.70. The summed E-state index contributed by atoms with van der Waals surface area (Å²) in [5.74, 6) is 0. The molecular weight excluding hydrogens is 334 g/mol. The first-order chi connectivity index (χ1) is 13.1. The van der Waals surface area contributed by atoms with Gasteiger partial charge in [0, 0.05) is 37.8 Å². The zero-order chi connectivity index (χ0) is 18.7. The standard InChI is InChI=1S/C23H27N3O/c1-19-7-5-6-10-22(19)26-18-21(16-24-26)17-25-13-11-23(27,12-14-25)15-20-8-3-2-4-9-20/h2-10,16,18,27H,11-15,17H2,1H3. The van der Waals surface area contributed by atoms with Crippen LogP contribution < -0.4 is 0 Å². The summed E-state index contributed by atoms with van der Waals surface area (Å²) in [7, 11) is 0. The van der Waals surface area contributed by atoms with E-state index in [2.05, 4.69) is 47.4 Å². The van der Waals surface area contributed by atoms with Crippen LogP contribution in [0.3, 0.4) is 0 Å². The van der Waals surface area contributed by atoms with E-state index in [1.54, 1.807) is 0 Å². The Hall–Kier alpha value is -2.43. The molecule has 0 amide bonds. The van der Waals surface area contributed by atoms with Gasteiger partial charge in [-0.05, 0) is 37.0 Å². The smallest absolute Gasteiger partial charge is 0.0712 e. The van der Waals surface area contributed by atoms with Gasteiger partial charge < -0.3 is 5.11 Å². The van der Waals surface area contributed by atoms with E-state index in [4.69, 9.17) is 0 Å². The SMILES string of the molecule is Cc1ccccc1-n1cc(CN2CCC(O)(Cc3ccccc3)CC2)cn1. The molecule has 4 nitrogen and oxygen atoms in total. The van der Waals surface area contributed by atoms with Crippen molar-refractivity contribution in [1.29, 1.82) is 0 Å². The van der Waals surface area contributed by atoms with Crippen molar-refractivity contribution in [3.8, 4) is 5.69 Å². The summed E-state index contributed by atoms with van der Waals surface area (Å²) in [4.78, 5) is 2.42. The highest BCUT2D eigenvalue weighted by Gasteiger charge is 2.32. The highest BCUT2D eigenvalue weighted by molar-refractivity contribution is 5.39. The zero-order valence-electron chi connectivity index (χ0n) is 15.9. The third-order valence-corrected chi connectivity index (χ3v) is 5.57. The van der Waals surface area contributed by atoms with Crippen LogP contribution in [0, 0.1) is 6.92 Å². The van der Waals surface area contributed by atoms with Crippen LogP contribution in [0.15, 0.2) is 67.0 Å². The van der Waals surface area contributed by atoms with Crippen molar-refractivity contribution in [1.82, 2.24) is 14.7 Å². The molecule has 1 saturated heterocycles. The largest absolute Gasteiger partial charge is 0.389 e. The van der Waals surface area contributed by atoms with E-state index >= 15 is 0 Å². The Labute approximate surface area is 161 Å². The lowest BCUT2D eigenvalue weighted by Gasteiger charge is -2.38. The maximum Gasteiger partial charge on any atom is 0.0712 e. The molecule has 140 valence electrons. The van der Waals surface area contributed by atoms with Gasteiger partial charge in [0.2, 0.25) is 0 Å². The van der Waals surface area contributed by atoms with Gasteiger partial charge in [-0.1, -0.05) is 48.5 Å². The Morgan fingerprint density at radius 1 is 0.963 bits per heavy atom. The number of likely N-dealkylation sites (tertiary alicyclic amines) is 1. The van der Waals surface area contributed by atoms with Gasteiger partial charge in [0.25, 0.3) is 0 Å². The van der Waals surface area contributed by atoms with E-state index in [1.165, 1.54) is 16.7 Å². The normalized spacial score (nSPS) is 17.1. The van der Waals surface area contributed by atoms with Crippen molar-refractivity contribution in [3.63, 3.8) is 0 Å². The van der Waals surface area contributed by atoms with Gasteiger partial charge in [-0.25, -0.2) is 4.68 Å². The van der Waals surface area contributed by atoms with E-state index in [-0.39, 0.29) is 0 Å². The minimum atomic E-state index is -0.580. The molecule has 0 radical (unpaired) electrons. The molecule has 2 heterocycles. The van der Waals surface area contributed by atoms with Gasteiger partial charge >= 0.3 is 0 Å². The first-order valence-electron chi connectivity index (χ1n) is 9.70. The molecule has 2 aromatic carbocycles. The van der Waals surface area contributed by atoms with Gasteiger partial charge in [-0.3, -0.25) is 4.90 Å². The van der Waals surface area contributed by atoms with Gasteiger partial charge in [0.15, 0.2) is 0 Å². The summed E-state index contributed by atoms with van der Waals surface area (Å²) < 4.78 is 1.96. The van der Waals surface area contributed by atoms with Gasteiger partial charge in [-0.15, -0.1) is 0 Å². The van der Waals surface area contributed by atoms with Crippen LogP contribution in [-0.2, 0) is 13.0 Å². The van der Waals surface area contributed by atoms with Crippen molar-refractivity contribution < 1.29 is 5.11 Å². The van der Waals surface area contributed by atoms with Crippen molar-refractivity contribution in [2.24, 2.45) is 0 Å². The predicted molar refractivity (Wildman–Crippen MR) is 108 cm³/mol. The summed E-state index contributed by atoms with van der Waals surface area (Å²) in [6.45, 7) is 4.82. The highest BCUT2D eigenvalue weighted by Crippen LogP contribution is 2.27. The van der Waals surface area contributed by atoms with Crippen LogP contribution in [0.5, 0.6) is 0 Å². The number of aryl methyl sites for hydroxylation is 1. The van der Waals surface area contributed by atoms with Crippen LogP contribution in [0.4, 0.5) is 0 Å². The second kappa shape index (κ2) is 7.67. The average Bonchev–Trinajstić information content (AvgIpc) is 3.13. The van der Waals surface area contributed by atoms with Crippen LogP contribution in [0.25, 0.3) is 5.69 Å². The molecule has 0 spiro atoms. The molecule has 4 rings (SSSR count). The van der Waals surface area contributed by atoms with Gasteiger partial charge in [0.1, 0.15) is 0 Å². The molecule has 0 unspecified atom stereocenters. The summed E-state index contributed by atoms with van der Waals surface area (Å²) in [6, 6.07) is 18.6. The molecule has 4 heteroatoms. The van der Waals surface area contributed by atoms with E-state index in [1.807, 2.05) is 41.2 Å². The van der Waals surface area contributed by atoms with Crippen LogP contribution in [0.2, 0.25) is 0 Å². The number of benzene rings is 2. The number of rotatable bonds is 5. The fourth-order valence-corrected chi connectivity index (χ4v) is 3.93. The summed E-state index contributed by atoms with van der Waals surface area (Å²) >= 11 is 0. The Balaban J connectivity index is 1.35. The molecular formula is C23H27N3O. The molecule has 27 heavy (non-hydrogen) atoms. The number of aromatic nitrogens is 2. The predicted octanol–water partition coefficient (Wildman–Crippen LogP) is 3.75. The number of piperidine rings is 1. The summed E-state index contributed by atoms with van der Waals surface area (Å²) in [5.41, 5.74) is 4.19. The highest BCUT2D eigenvalue weighted by atomic mass is 16.3. The molecule has 1 fully saturated rings.